The minimum absolute atomic E-state index is 0.222. The van der Waals surface area contributed by atoms with Crippen molar-refractivity contribution in [1.82, 2.24) is 0 Å². The molecule has 0 spiro atoms. The third-order valence-corrected chi connectivity index (χ3v) is 10.5. The van der Waals surface area contributed by atoms with Crippen molar-refractivity contribution in [3.8, 4) is 0 Å². The van der Waals surface area contributed by atoms with Crippen LogP contribution in [0.1, 0.15) is 130 Å². The summed E-state index contributed by atoms with van der Waals surface area (Å²) in [5.41, 5.74) is 1.35. The summed E-state index contributed by atoms with van der Waals surface area (Å²) in [6, 6.07) is 0. The first kappa shape index (κ1) is 37.8. The van der Waals surface area contributed by atoms with Crippen molar-refractivity contribution in [2.75, 3.05) is 33.0 Å². The molecule has 3 fully saturated rings. The molecule has 0 radical (unpaired) electrons. The molecule has 258 valence electrons. The lowest BCUT2D eigenvalue weighted by molar-refractivity contribution is -0.140. The lowest BCUT2D eigenvalue weighted by Crippen LogP contribution is -2.40. The molecule has 3 aliphatic rings. The first-order chi connectivity index (χ1) is 21.8. The Kier molecular flexibility index (Phi) is 17.9. The molecule has 0 aromatic rings. The fourth-order valence-corrected chi connectivity index (χ4v) is 7.63. The second-order valence-corrected chi connectivity index (χ2v) is 14.3. The number of carbonyl (C=O) groups excluding carboxylic acids is 1. The van der Waals surface area contributed by atoms with Crippen molar-refractivity contribution in [2.24, 2.45) is 23.7 Å². The van der Waals surface area contributed by atoms with Gasteiger partial charge >= 0.3 is 5.97 Å². The van der Waals surface area contributed by atoms with Crippen LogP contribution >= 0.6 is 0 Å². The molecule has 0 amide bonds. The van der Waals surface area contributed by atoms with Gasteiger partial charge in [-0.05, 0) is 107 Å². The van der Waals surface area contributed by atoms with E-state index in [4.69, 9.17) is 23.7 Å². The zero-order valence-corrected chi connectivity index (χ0v) is 29.2. The highest BCUT2D eigenvalue weighted by Crippen LogP contribution is 2.45. The molecule has 1 saturated heterocycles. The maximum absolute atomic E-state index is 12.1. The minimum Gasteiger partial charge on any atom is -0.494 e. The van der Waals surface area contributed by atoms with Gasteiger partial charge in [-0.25, -0.2) is 4.79 Å². The minimum atomic E-state index is -0.288. The van der Waals surface area contributed by atoms with E-state index in [1.165, 1.54) is 64.2 Å². The number of carbonyl (C=O) groups is 1. The summed E-state index contributed by atoms with van der Waals surface area (Å²) in [5.74, 6) is 2.62. The van der Waals surface area contributed by atoms with Gasteiger partial charge in [0.15, 0.2) is 0 Å². The lowest BCUT2D eigenvalue weighted by Gasteiger charge is -2.44. The Balaban J connectivity index is 1.54. The van der Waals surface area contributed by atoms with E-state index in [9.17, 15) is 4.79 Å². The molecule has 7 atom stereocenters. The average Bonchev–Trinajstić information content (AvgIpc) is 3.54. The van der Waals surface area contributed by atoms with Gasteiger partial charge in [-0.3, -0.25) is 0 Å². The van der Waals surface area contributed by atoms with Crippen LogP contribution in [0.25, 0.3) is 0 Å². The number of rotatable bonds is 22. The number of hydrogen-bond acceptors (Lipinski definition) is 6. The number of hydrogen-bond donors (Lipinski definition) is 0. The molecule has 1 aliphatic heterocycles. The van der Waals surface area contributed by atoms with Crippen LogP contribution in [0.15, 0.2) is 36.6 Å². The van der Waals surface area contributed by atoms with Crippen molar-refractivity contribution >= 4 is 5.97 Å². The summed E-state index contributed by atoms with van der Waals surface area (Å²) in [7, 11) is 0. The monoisotopic (exact) mass is 630 g/mol. The predicted molar refractivity (Wildman–Crippen MR) is 183 cm³/mol. The van der Waals surface area contributed by atoms with Gasteiger partial charge in [0.05, 0.1) is 38.1 Å². The third-order valence-electron chi connectivity index (χ3n) is 10.5. The van der Waals surface area contributed by atoms with Crippen molar-refractivity contribution in [3.63, 3.8) is 0 Å². The molecule has 6 heteroatoms. The maximum Gasteiger partial charge on any atom is 0.333 e. The summed E-state index contributed by atoms with van der Waals surface area (Å²) >= 11 is 0. The van der Waals surface area contributed by atoms with E-state index >= 15 is 0 Å². The van der Waals surface area contributed by atoms with E-state index in [1.54, 1.807) is 6.92 Å². The Morgan fingerprint density at radius 3 is 1.91 bits per heavy atom. The normalized spacial score (nSPS) is 28.5. The van der Waals surface area contributed by atoms with Crippen LogP contribution in [0.3, 0.4) is 0 Å². The molecule has 1 heterocycles. The summed E-state index contributed by atoms with van der Waals surface area (Å²) in [6.07, 6.45) is 21.0. The van der Waals surface area contributed by atoms with Crippen LogP contribution in [0.4, 0.5) is 0 Å². The van der Waals surface area contributed by atoms with E-state index in [1.807, 2.05) is 6.92 Å². The predicted octanol–water partition coefficient (Wildman–Crippen LogP) is 9.52. The fraction of sp³-hybridized carbons (Fsp3) is 0.821. The van der Waals surface area contributed by atoms with Gasteiger partial charge in [-0.1, -0.05) is 71.6 Å². The number of unbranched alkanes of at least 4 members (excludes halogenated alkanes) is 7. The Bertz CT molecular complexity index is 892. The fourth-order valence-electron chi connectivity index (χ4n) is 7.63. The van der Waals surface area contributed by atoms with Gasteiger partial charge in [0.1, 0.15) is 5.76 Å². The molecule has 6 nitrogen and oxygen atoms in total. The maximum atomic E-state index is 12.1. The van der Waals surface area contributed by atoms with Crippen LogP contribution in [0.2, 0.25) is 0 Å². The van der Waals surface area contributed by atoms with E-state index in [0.29, 0.717) is 48.2 Å². The van der Waals surface area contributed by atoms with E-state index in [2.05, 4.69) is 26.7 Å². The van der Waals surface area contributed by atoms with Crippen molar-refractivity contribution in [1.29, 1.82) is 0 Å². The van der Waals surface area contributed by atoms with Crippen molar-refractivity contribution < 1.29 is 28.5 Å². The molecule has 0 bridgehead atoms. The summed E-state index contributed by atoms with van der Waals surface area (Å²) < 4.78 is 30.3. The average molecular weight is 631 g/mol. The standard InChI is InChI=1S/C39H66O6/c1-7-8-9-10-11-12-13-14-22-43-37-17-15-32(26-34(37)20-25-44-39(40)30(4)5)33-16-18-38(45-36-21-23-41-28-36)35(27-33)19-24-42-31(6)29(2)3/h32-38H,2,4,6-28H2,1,3,5H3. The number of allylic oxidation sites excluding steroid dienone is 1. The molecule has 0 N–H and O–H groups in total. The molecule has 3 rings (SSSR count). The SMILES string of the molecule is C=C(C)C(=C)OCCC1CC(C2CCC(OCCCCCCCCCC)C(CCOC(=O)C(=C)C)C2)CCC1OC1CCOC1. The topological polar surface area (TPSA) is 63.2 Å². The van der Waals surface area contributed by atoms with Gasteiger partial charge in [-0.2, -0.15) is 0 Å². The van der Waals surface area contributed by atoms with Crippen LogP contribution in [-0.4, -0.2) is 57.3 Å². The zero-order chi connectivity index (χ0) is 32.4. The molecule has 2 aliphatic carbocycles. The molecule has 45 heavy (non-hydrogen) atoms. The Morgan fingerprint density at radius 2 is 1.31 bits per heavy atom. The Hall–Kier alpha value is -1.63. The molecule has 7 unspecified atom stereocenters. The van der Waals surface area contributed by atoms with Crippen LogP contribution in [0.5, 0.6) is 0 Å². The van der Waals surface area contributed by atoms with E-state index < -0.39 is 0 Å². The van der Waals surface area contributed by atoms with E-state index in [0.717, 1.165) is 70.3 Å². The zero-order valence-electron chi connectivity index (χ0n) is 29.2. The number of esters is 1. The highest BCUT2D eigenvalue weighted by molar-refractivity contribution is 5.86. The first-order valence-corrected chi connectivity index (χ1v) is 18.4. The van der Waals surface area contributed by atoms with Gasteiger partial charge in [-0.15, -0.1) is 0 Å². The molecular formula is C39H66O6. The smallest absolute Gasteiger partial charge is 0.333 e. The van der Waals surface area contributed by atoms with Crippen molar-refractivity contribution in [3.05, 3.63) is 36.6 Å². The Labute approximate surface area is 275 Å². The van der Waals surface area contributed by atoms with Gasteiger partial charge < -0.3 is 23.7 Å². The third kappa shape index (κ3) is 13.9. The summed E-state index contributed by atoms with van der Waals surface area (Å²) in [5, 5.41) is 0. The van der Waals surface area contributed by atoms with Crippen LogP contribution in [-0.2, 0) is 28.5 Å². The highest BCUT2D eigenvalue weighted by Gasteiger charge is 2.40. The van der Waals surface area contributed by atoms with Crippen LogP contribution in [0, 0.1) is 23.7 Å². The summed E-state index contributed by atoms with van der Waals surface area (Å²) in [6.45, 7) is 21.1. The van der Waals surface area contributed by atoms with Crippen LogP contribution < -0.4 is 0 Å². The first-order valence-electron chi connectivity index (χ1n) is 18.4. The van der Waals surface area contributed by atoms with Gasteiger partial charge in [0, 0.05) is 18.8 Å². The quantitative estimate of drug-likeness (QED) is 0.0390. The Morgan fingerprint density at radius 1 is 0.711 bits per heavy atom. The second kappa shape index (κ2) is 21.3. The molecular weight excluding hydrogens is 564 g/mol. The van der Waals surface area contributed by atoms with Gasteiger partial charge in [0.2, 0.25) is 0 Å². The van der Waals surface area contributed by atoms with Crippen molar-refractivity contribution in [2.45, 2.75) is 148 Å². The number of ether oxygens (including phenoxy) is 5. The van der Waals surface area contributed by atoms with Gasteiger partial charge in [0.25, 0.3) is 0 Å². The lowest BCUT2D eigenvalue weighted by atomic mass is 9.66. The highest BCUT2D eigenvalue weighted by atomic mass is 16.6. The largest absolute Gasteiger partial charge is 0.494 e. The molecule has 0 aromatic heterocycles. The van der Waals surface area contributed by atoms with E-state index in [-0.39, 0.29) is 24.3 Å². The molecule has 2 saturated carbocycles. The molecule has 0 aromatic carbocycles. The summed E-state index contributed by atoms with van der Waals surface area (Å²) in [4.78, 5) is 12.1. The second-order valence-electron chi connectivity index (χ2n) is 14.3.